The van der Waals surface area contributed by atoms with Crippen LogP contribution in [0.25, 0.3) is 0 Å². The lowest BCUT2D eigenvalue weighted by Crippen LogP contribution is -2.43. The average molecular weight is 355 g/mol. The minimum Gasteiger partial charge on any atom is -0.507 e. The van der Waals surface area contributed by atoms with E-state index in [1.54, 1.807) is 19.9 Å². The van der Waals surface area contributed by atoms with Crippen molar-refractivity contribution in [3.05, 3.63) is 29.3 Å². The number of hydrogen-bond donors (Lipinski definition) is 1. The summed E-state index contributed by atoms with van der Waals surface area (Å²) in [7, 11) is -3.10. The standard InChI is InChI=1S/C16H21NO6S/c1-3-17(12-6-7-24(21,22)10-12)15(19)9-23-16(20)13-8-11(2)4-5-14(13)18/h4-5,8,12,18H,3,6-7,9-10H2,1-2H3/t12-/m1/s1. The van der Waals surface area contributed by atoms with Crippen molar-refractivity contribution < 1.29 is 27.9 Å². The Bertz CT molecular complexity index is 743. The summed E-state index contributed by atoms with van der Waals surface area (Å²) in [5.74, 6) is -1.44. The molecule has 0 radical (unpaired) electrons. The molecule has 1 atom stereocenters. The zero-order valence-corrected chi connectivity index (χ0v) is 14.5. The highest BCUT2D eigenvalue weighted by molar-refractivity contribution is 7.91. The van der Waals surface area contributed by atoms with Gasteiger partial charge in [0.1, 0.15) is 11.3 Å². The summed E-state index contributed by atoms with van der Waals surface area (Å²) in [5, 5.41) is 9.69. The molecule has 1 saturated heterocycles. The first-order valence-electron chi connectivity index (χ1n) is 7.70. The second-order valence-electron chi connectivity index (χ2n) is 5.83. The molecule has 1 fully saturated rings. The van der Waals surface area contributed by atoms with E-state index in [2.05, 4.69) is 0 Å². The maximum atomic E-state index is 12.3. The Morgan fingerprint density at radius 3 is 2.67 bits per heavy atom. The number of carbonyl (C=O) groups excluding carboxylic acids is 2. The van der Waals surface area contributed by atoms with Gasteiger partial charge in [0.2, 0.25) is 0 Å². The van der Waals surface area contributed by atoms with Gasteiger partial charge in [-0.05, 0) is 32.4 Å². The number of hydrogen-bond acceptors (Lipinski definition) is 6. The third-order valence-corrected chi connectivity index (χ3v) is 5.76. The van der Waals surface area contributed by atoms with Gasteiger partial charge in [-0.1, -0.05) is 11.6 Å². The number of esters is 1. The van der Waals surface area contributed by atoms with Crippen molar-refractivity contribution >= 4 is 21.7 Å². The van der Waals surface area contributed by atoms with Crippen molar-refractivity contribution in [2.24, 2.45) is 0 Å². The first kappa shape index (κ1) is 18.3. The Hall–Kier alpha value is -2.09. The summed E-state index contributed by atoms with van der Waals surface area (Å²) in [6.07, 6.45) is 0.397. The minimum absolute atomic E-state index is 0.00528. The minimum atomic E-state index is -3.10. The van der Waals surface area contributed by atoms with Crippen LogP contribution in [0.4, 0.5) is 0 Å². The van der Waals surface area contributed by atoms with Gasteiger partial charge in [-0.3, -0.25) is 4.79 Å². The van der Waals surface area contributed by atoms with E-state index >= 15 is 0 Å². The van der Waals surface area contributed by atoms with Gasteiger partial charge < -0.3 is 14.7 Å². The first-order valence-corrected chi connectivity index (χ1v) is 9.52. The van der Waals surface area contributed by atoms with Crippen molar-refractivity contribution in [2.45, 2.75) is 26.3 Å². The van der Waals surface area contributed by atoms with Crippen molar-refractivity contribution in [2.75, 3.05) is 24.7 Å². The van der Waals surface area contributed by atoms with Gasteiger partial charge in [-0.25, -0.2) is 13.2 Å². The highest BCUT2D eigenvalue weighted by atomic mass is 32.2. The van der Waals surface area contributed by atoms with Crippen LogP contribution in [0, 0.1) is 6.92 Å². The molecule has 0 aliphatic carbocycles. The highest BCUT2D eigenvalue weighted by Crippen LogP contribution is 2.20. The molecule has 2 rings (SSSR count). The maximum Gasteiger partial charge on any atom is 0.342 e. The number of benzene rings is 1. The van der Waals surface area contributed by atoms with Crippen LogP contribution in [0.5, 0.6) is 5.75 Å². The van der Waals surface area contributed by atoms with Crippen LogP contribution >= 0.6 is 0 Å². The van der Waals surface area contributed by atoms with E-state index in [0.717, 1.165) is 5.56 Å². The predicted octanol–water partition coefficient (Wildman–Crippen LogP) is 0.893. The van der Waals surface area contributed by atoms with Crippen LogP contribution in [0.3, 0.4) is 0 Å². The molecule has 0 saturated carbocycles. The second kappa shape index (κ2) is 7.21. The molecule has 0 aromatic heterocycles. The number of carbonyl (C=O) groups is 2. The molecule has 0 bridgehead atoms. The molecule has 24 heavy (non-hydrogen) atoms. The molecule has 1 aromatic rings. The van der Waals surface area contributed by atoms with Crippen LogP contribution in [-0.4, -0.2) is 61.0 Å². The van der Waals surface area contributed by atoms with Crippen molar-refractivity contribution in [3.63, 3.8) is 0 Å². The van der Waals surface area contributed by atoms with Gasteiger partial charge in [-0.2, -0.15) is 0 Å². The quantitative estimate of drug-likeness (QED) is 0.787. The van der Waals surface area contributed by atoms with Crippen molar-refractivity contribution in [1.29, 1.82) is 0 Å². The van der Waals surface area contributed by atoms with Gasteiger partial charge >= 0.3 is 5.97 Å². The van der Waals surface area contributed by atoms with Gasteiger partial charge in [0.25, 0.3) is 5.91 Å². The number of sulfone groups is 1. The summed E-state index contributed by atoms with van der Waals surface area (Å²) in [6, 6.07) is 4.13. The van der Waals surface area contributed by atoms with Crippen LogP contribution in [0.1, 0.15) is 29.3 Å². The van der Waals surface area contributed by atoms with E-state index in [1.165, 1.54) is 17.0 Å². The Labute approximate surface area is 141 Å². The van der Waals surface area contributed by atoms with Crippen LogP contribution in [0.15, 0.2) is 18.2 Å². The number of phenols is 1. The Morgan fingerprint density at radius 1 is 1.38 bits per heavy atom. The molecule has 0 spiro atoms. The van der Waals surface area contributed by atoms with E-state index in [-0.39, 0.29) is 28.9 Å². The third-order valence-electron chi connectivity index (χ3n) is 4.01. The molecule has 8 heteroatoms. The number of nitrogens with zero attached hydrogens (tertiary/aromatic N) is 1. The second-order valence-corrected chi connectivity index (χ2v) is 8.06. The normalized spacial score (nSPS) is 19.0. The predicted molar refractivity (Wildman–Crippen MR) is 87.6 cm³/mol. The summed E-state index contributed by atoms with van der Waals surface area (Å²) < 4.78 is 28.1. The molecular weight excluding hydrogens is 334 g/mol. The van der Waals surface area contributed by atoms with Crippen LogP contribution < -0.4 is 0 Å². The fourth-order valence-corrected chi connectivity index (χ4v) is 4.49. The summed E-state index contributed by atoms with van der Waals surface area (Å²) in [6.45, 7) is 3.36. The Balaban J connectivity index is 1.98. The number of aryl methyl sites for hydroxylation is 1. The summed E-state index contributed by atoms with van der Waals surface area (Å²) in [5.41, 5.74) is 0.770. The van der Waals surface area contributed by atoms with E-state index < -0.39 is 28.3 Å². The maximum absolute atomic E-state index is 12.3. The molecule has 0 unspecified atom stereocenters. The van der Waals surface area contributed by atoms with Crippen LogP contribution in [-0.2, 0) is 19.4 Å². The smallest absolute Gasteiger partial charge is 0.342 e. The van der Waals surface area contributed by atoms with Gasteiger partial charge in [0.05, 0.1) is 11.5 Å². The molecule has 1 aliphatic heterocycles. The Morgan fingerprint density at radius 2 is 2.08 bits per heavy atom. The number of likely N-dealkylation sites (N-methyl/N-ethyl adjacent to an activating group) is 1. The zero-order valence-electron chi connectivity index (χ0n) is 13.7. The van der Waals surface area contributed by atoms with Crippen LogP contribution in [0.2, 0.25) is 0 Å². The van der Waals surface area contributed by atoms with E-state index in [1.807, 2.05) is 0 Å². The molecule has 1 aromatic carbocycles. The molecular formula is C16H21NO6S. The Kier molecular flexibility index (Phi) is 5.48. The first-order chi connectivity index (χ1) is 11.2. The lowest BCUT2D eigenvalue weighted by atomic mass is 10.1. The lowest BCUT2D eigenvalue weighted by Gasteiger charge is -2.26. The third kappa shape index (κ3) is 4.25. The molecule has 132 valence electrons. The van der Waals surface area contributed by atoms with Gasteiger partial charge in [0, 0.05) is 12.6 Å². The number of amides is 1. The number of rotatable bonds is 5. The van der Waals surface area contributed by atoms with Crippen molar-refractivity contribution in [3.8, 4) is 5.75 Å². The number of phenolic OH excluding ortho intramolecular Hbond substituents is 1. The molecule has 1 amide bonds. The molecule has 1 aliphatic rings. The fourth-order valence-electron chi connectivity index (χ4n) is 2.76. The highest BCUT2D eigenvalue weighted by Gasteiger charge is 2.34. The van der Waals surface area contributed by atoms with Gasteiger partial charge in [0.15, 0.2) is 16.4 Å². The monoisotopic (exact) mass is 355 g/mol. The van der Waals surface area contributed by atoms with Gasteiger partial charge in [-0.15, -0.1) is 0 Å². The van der Waals surface area contributed by atoms with E-state index in [9.17, 15) is 23.1 Å². The molecule has 7 nitrogen and oxygen atoms in total. The SMILES string of the molecule is CCN(C(=O)COC(=O)c1cc(C)ccc1O)[C@@H]1CCS(=O)(=O)C1. The average Bonchev–Trinajstić information content (AvgIpc) is 2.87. The summed E-state index contributed by atoms with van der Waals surface area (Å²) in [4.78, 5) is 25.7. The zero-order chi connectivity index (χ0) is 17.9. The number of aromatic hydroxyl groups is 1. The lowest BCUT2D eigenvalue weighted by molar-refractivity contribution is -0.136. The number of ether oxygens (including phenoxy) is 1. The summed E-state index contributed by atoms with van der Waals surface area (Å²) >= 11 is 0. The molecule has 1 heterocycles. The van der Waals surface area contributed by atoms with Crippen molar-refractivity contribution in [1.82, 2.24) is 4.90 Å². The largest absolute Gasteiger partial charge is 0.507 e. The van der Waals surface area contributed by atoms with E-state index in [4.69, 9.17) is 4.74 Å². The topological polar surface area (TPSA) is 101 Å². The fraction of sp³-hybridized carbons (Fsp3) is 0.500. The molecule has 1 N–H and O–H groups in total. The van der Waals surface area contributed by atoms with E-state index in [0.29, 0.717) is 13.0 Å².